The highest BCUT2D eigenvalue weighted by Crippen LogP contribution is 2.72. The number of rotatable bonds is 0. The smallest absolute Gasteiger partial charge is 0.00131 e. The number of hydrogen-bond acceptors (Lipinski definition) is 1. The first-order chi connectivity index (χ1) is 4.87. The Balaban J connectivity index is 1.91. The van der Waals surface area contributed by atoms with Gasteiger partial charge >= 0.3 is 0 Å². The van der Waals surface area contributed by atoms with Crippen molar-refractivity contribution in [1.29, 1.82) is 0 Å². The number of nitrogens with one attached hydrogen (secondary N) is 1. The number of fused-ring (bicyclic) bond motifs is 1. The molecule has 1 saturated heterocycles. The minimum atomic E-state index is 0.825. The lowest BCUT2D eigenvalue weighted by molar-refractivity contribution is 0.206. The molecule has 3 aliphatic rings. The average Bonchev–Trinajstić information content (AvgIpc) is 2.72. The number of piperidine rings is 1. The highest BCUT2D eigenvalue weighted by molar-refractivity contribution is 5.16. The minimum Gasteiger partial charge on any atom is -0.316 e. The Labute approximate surface area is 62.2 Å². The van der Waals surface area contributed by atoms with Gasteiger partial charge in [0.15, 0.2) is 0 Å². The predicted molar refractivity (Wildman–Crippen MR) is 40.8 cm³/mol. The average molecular weight is 137 g/mol. The van der Waals surface area contributed by atoms with Crippen LogP contribution in [0.1, 0.15) is 32.1 Å². The first kappa shape index (κ1) is 5.59. The Hall–Kier alpha value is -0.0400. The lowest BCUT2D eigenvalue weighted by atomic mass is 9.80. The van der Waals surface area contributed by atoms with Crippen LogP contribution in [-0.2, 0) is 0 Å². The molecule has 0 amide bonds. The molecule has 1 aliphatic heterocycles. The van der Waals surface area contributed by atoms with Crippen molar-refractivity contribution in [2.24, 2.45) is 10.8 Å². The molecule has 0 atom stereocenters. The first-order valence-electron chi connectivity index (χ1n) is 4.58. The molecule has 3 rings (SSSR count). The topological polar surface area (TPSA) is 12.0 Å². The van der Waals surface area contributed by atoms with E-state index in [1.165, 1.54) is 32.4 Å². The molecule has 1 heteroatoms. The Morgan fingerprint density at radius 3 is 2.00 bits per heavy atom. The summed E-state index contributed by atoms with van der Waals surface area (Å²) in [5.41, 5.74) is 1.70. The van der Waals surface area contributed by atoms with E-state index in [1.807, 2.05) is 0 Å². The van der Waals surface area contributed by atoms with Crippen LogP contribution in [0.4, 0.5) is 0 Å². The molecular formula is C9H15N. The van der Waals surface area contributed by atoms with E-state index in [0.717, 1.165) is 10.8 Å². The molecule has 2 saturated carbocycles. The van der Waals surface area contributed by atoms with Crippen LogP contribution in [0.5, 0.6) is 0 Å². The van der Waals surface area contributed by atoms with E-state index in [1.54, 1.807) is 12.8 Å². The molecule has 2 aliphatic carbocycles. The van der Waals surface area contributed by atoms with Gasteiger partial charge in [-0.25, -0.2) is 0 Å². The second kappa shape index (κ2) is 1.42. The van der Waals surface area contributed by atoms with Gasteiger partial charge in [0.25, 0.3) is 0 Å². The summed E-state index contributed by atoms with van der Waals surface area (Å²) >= 11 is 0. The Bertz CT molecular complexity index is 146. The van der Waals surface area contributed by atoms with E-state index < -0.39 is 0 Å². The Kier molecular flexibility index (Phi) is 0.797. The highest BCUT2D eigenvalue weighted by Gasteiger charge is 2.65. The maximum absolute atomic E-state index is 3.53. The fraction of sp³-hybridized carbons (Fsp3) is 1.00. The van der Waals surface area contributed by atoms with Crippen molar-refractivity contribution in [2.45, 2.75) is 32.1 Å². The van der Waals surface area contributed by atoms with Crippen molar-refractivity contribution in [3.8, 4) is 0 Å². The summed E-state index contributed by atoms with van der Waals surface area (Å²) in [6.07, 6.45) is 7.64. The molecule has 3 fully saturated rings. The van der Waals surface area contributed by atoms with E-state index in [4.69, 9.17) is 0 Å². The Morgan fingerprint density at radius 2 is 1.50 bits per heavy atom. The zero-order valence-electron chi connectivity index (χ0n) is 6.45. The van der Waals surface area contributed by atoms with Gasteiger partial charge in [0.05, 0.1) is 0 Å². The van der Waals surface area contributed by atoms with Gasteiger partial charge < -0.3 is 5.32 Å². The molecule has 0 aromatic heterocycles. The highest BCUT2D eigenvalue weighted by atomic mass is 15.0. The van der Waals surface area contributed by atoms with Crippen molar-refractivity contribution in [3.05, 3.63) is 0 Å². The molecule has 0 aromatic rings. The second-order valence-corrected chi connectivity index (χ2v) is 4.49. The van der Waals surface area contributed by atoms with Crippen LogP contribution in [0.3, 0.4) is 0 Å². The van der Waals surface area contributed by atoms with Gasteiger partial charge in [0.2, 0.25) is 0 Å². The van der Waals surface area contributed by atoms with Gasteiger partial charge in [-0.1, -0.05) is 0 Å². The molecule has 1 heterocycles. The van der Waals surface area contributed by atoms with E-state index in [-0.39, 0.29) is 0 Å². The third-order valence-electron chi connectivity index (χ3n) is 4.08. The molecule has 2 spiro atoms. The third kappa shape index (κ3) is 0.493. The van der Waals surface area contributed by atoms with Crippen LogP contribution >= 0.6 is 0 Å². The lowest BCUT2D eigenvalue weighted by Gasteiger charge is -2.32. The van der Waals surface area contributed by atoms with Crippen molar-refractivity contribution in [2.75, 3.05) is 13.1 Å². The summed E-state index contributed by atoms with van der Waals surface area (Å²) in [7, 11) is 0. The second-order valence-electron chi connectivity index (χ2n) is 4.49. The summed E-state index contributed by atoms with van der Waals surface area (Å²) in [5.74, 6) is 0. The van der Waals surface area contributed by atoms with Gasteiger partial charge in [0, 0.05) is 6.54 Å². The molecule has 0 aromatic carbocycles. The van der Waals surface area contributed by atoms with Gasteiger partial charge in [-0.05, 0) is 49.5 Å². The zero-order valence-corrected chi connectivity index (χ0v) is 6.45. The normalized spacial score (nSPS) is 38.4. The molecular weight excluding hydrogens is 122 g/mol. The zero-order chi connectivity index (χ0) is 6.66. The van der Waals surface area contributed by atoms with Crippen molar-refractivity contribution < 1.29 is 0 Å². The van der Waals surface area contributed by atoms with Gasteiger partial charge in [-0.2, -0.15) is 0 Å². The summed E-state index contributed by atoms with van der Waals surface area (Å²) in [4.78, 5) is 0. The predicted octanol–water partition coefficient (Wildman–Crippen LogP) is 1.54. The lowest BCUT2D eigenvalue weighted by Crippen LogP contribution is -2.39. The monoisotopic (exact) mass is 137 g/mol. The van der Waals surface area contributed by atoms with Gasteiger partial charge in [0.1, 0.15) is 0 Å². The summed E-state index contributed by atoms with van der Waals surface area (Å²) < 4.78 is 0. The summed E-state index contributed by atoms with van der Waals surface area (Å²) in [6.45, 7) is 2.63. The summed E-state index contributed by atoms with van der Waals surface area (Å²) in [6, 6.07) is 0. The molecule has 10 heavy (non-hydrogen) atoms. The SMILES string of the molecule is C1CC2(CC2)C2(CC2)CN1. The number of hydrogen-bond donors (Lipinski definition) is 1. The quantitative estimate of drug-likeness (QED) is 0.534. The summed E-state index contributed by atoms with van der Waals surface area (Å²) in [5, 5.41) is 3.53. The van der Waals surface area contributed by atoms with Crippen LogP contribution in [0.25, 0.3) is 0 Å². The van der Waals surface area contributed by atoms with Crippen molar-refractivity contribution in [3.63, 3.8) is 0 Å². The van der Waals surface area contributed by atoms with Crippen molar-refractivity contribution >= 4 is 0 Å². The fourth-order valence-corrected chi connectivity index (χ4v) is 2.90. The minimum absolute atomic E-state index is 0.825. The molecule has 1 nitrogen and oxygen atoms in total. The van der Waals surface area contributed by atoms with Crippen molar-refractivity contribution in [1.82, 2.24) is 5.32 Å². The van der Waals surface area contributed by atoms with E-state index >= 15 is 0 Å². The molecule has 1 N–H and O–H groups in total. The molecule has 0 unspecified atom stereocenters. The maximum atomic E-state index is 3.53. The largest absolute Gasteiger partial charge is 0.316 e. The van der Waals surface area contributed by atoms with E-state index in [0.29, 0.717) is 0 Å². The standard InChI is InChI=1S/C9H15N/c1-2-8(1)5-6-10-7-9(8)3-4-9/h10H,1-7H2. The van der Waals surface area contributed by atoms with Gasteiger partial charge in [-0.15, -0.1) is 0 Å². The fourth-order valence-electron chi connectivity index (χ4n) is 2.90. The van der Waals surface area contributed by atoms with Crippen LogP contribution < -0.4 is 5.32 Å². The van der Waals surface area contributed by atoms with Crippen LogP contribution in [0, 0.1) is 10.8 Å². The van der Waals surface area contributed by atoms with Crippen LogP contribution in [0.15, 0.2) is 0 Å². The van der Waals surface area contributed by atoms with Crippen LogP contribution in [0.2, 0.25) is 0 Å². The van der Waals surface area contributed by atoms with E-state index in [2.05, 4.69) is 5.32 Å². The Morgan fingerprint density at radius 1 is 0.800 bits per heavy atom. The molecule has 56 valence electrons. The van der Waals surface area contributed by atoms with Gasteiger partial charge in [-0.3, -0.25) is 0 Å². The third-order valence-corrected chi connectivity index (χ3v) is 4.08. The molecule has 0 bridgehead atoms. The van der Waals surface area contributed by atoms with Crippen LogP contribution in [-0.4, -0.2) is 13.1 Å². The molecule has 0 radical (unpaired) electrons. The maximum Gasteiger partial charge on any atom is 0.00131 e. The first-order valence-corrected chi connectivity index (χ1v) is 4.58. The van der Waals surface area contributed by atoms with E-state index in [9.17, 15) is 0 Å².